The highest BCUT2D eigenvalue weighted by atomic mass is 32.2. The zero-order valence-electron chi connectivity index (χ0n) is 17.9. The Morgan fingerprint density at radius 2 is 1.74 bits per heavy atom. The minimum absolute atomic E-state index is 0.0111. The number of aryl methyl sites for hydroxylation is 1. The van der Waals surface area contributed by atoms with E-state index in [0.717, 1.165) is 35.7 Å². The number of benzene rings is 1. The second-order valence-corrected chi connectivity index (χ2v) is 9.92. The van der Waals surface area contributed by atoms with E-state index in [2.05, 4.69) is 14.9 Å². The molecule has 0 radical (unpaired) electrons. The van der Waals surface area contributed by atoms with Gasteiger partial charge in [0.15, 0.2) is 9.84 Å². The van der Waals surface area contributed by atoms with Gasteiger partial charge in [-0.3, -0.25) is 14.9 Å². The molecular weight excluding hydrogens is 422 g/mol. The summed E-state index contributed by atoms with van der Waals surface area (Å²) in [7, 11) is -3.70. The van der Waals surface area contributed by atoms with Crippen LogP contribution >= 0.6 is 0 Å². The van der Waals surface area contributed by atoms with E-state index in [1.54, 1.807) is 4.90 Å². The first kappa shape index (κ1) is 22.6. The quantitative estimate of drug-likeness (QED) is 0.504. The van der Waals surface area contributed by atoms with Gasteiger partial charge in [-0.05, 0) is 13.0 Å². The highest BCUT2D eigenvalue weighted by Crippen LogP contribution is 2.23. The van der Waals surface area contributed by atoms with Gasteiger partial charge >= 0.3 is 0 Å². The van der Waals surface area contributed by atoms with Crippen molar-refractivity contribution >= 4 is 27.2 Å². The lowest BCUT2D eigenvalue weighted by Gasteiger charge is -2.35. The van der Waals surface area contributed by atoms with Crippen LogP contribution in [0.5, 0.6) is 0 Å². The normalized spacial score (nSPS) is 14.7. The van der Waals surface area contributed by atoms with Gasteiger partial charge in [-0.15, -0.1) is 0 Å². The summed E-state index contributed by atoms with van der Waals surface area (Å²) in [6.07, 6.45) is 0.953. The number of nitro benzene ring substituents is 1. The molecule has 0 bridgehead atoms. The van der Waals surface area contributed by atoms with Crippen molar-refractivity contribution < 1.29 is 18.1 Å². The zero-order chi connectivity index (χ0) is 22.9. The molecule has 11 heteroatoms. The molecule has 0 unspecified atom stereocenters. The summed E-state index contributed by atoms with van der Waals surface area (Å²) in [6, 6.07) is 5.18. The standard InChI is InChI=1S/C20H25N5O5S/c1-13(2)19-21-14(3)9-18(22-19)23-5-7-24(8-6-23)20(26)15-10-16(25(27)28)12-17(11-15)31(4,29)30/h9-13H,5-8H2,1-4H3. The van der Waals surface area contributed by atoms with Gasteiger partial charge in [-0.2, -0.15) is 0 Å². The monoisotopic (exact) mass is 447 g/mol. The first-order valence-electron chi connectivity index (χ1n) is 9.85. The summed E-state index contributed by atoms with van der Waals surface area (Å²) in [5.41, 5.74) is 0.433. The number of carbonyl (C=O) groups excluding carboxylic acids is 1. The summed E-state index contributed by atoms with van der Waals surface area (Å²) in [6.45, 7) is 7.81. The summed E-state index contributed by atoms with van der Waals surface area (Å²) in [5.74, 6) is 1.32. The lowest BCUT2D eigenvalue weighted by atomic mass is 10.1. The van der Waals surface area contributed by atoms with E-state index in [1.165, 1.54) is 6.07 Å². The molecular formula is C20H25N5O5S. The number of nitro groups is 1. The fourth-order valence-electron chi connectivity index (χ4n) is 3.34. The first-order chi connectivity index (χ1) is 14.5. The van der Waals surface area contributed by atoms with E-state index in [4.69, 9.17) is 0 Å². The Hall–Kier alpha value is -3.08. The topological polar surface area (TPSA) is 127 Å². The van der Waals surface area contributed by atoms with Crippen LogP contribution in [0.15, 0.2) is 29.2 Å². The Morgan fingerprint density at radius 1 is 1.10 bits per heavy atom. The molecule has 1 fully saturated rings. The number of amides is 1. The zero-order valence-corrected chi connectivity index (χ0v) is 18.7. The van der Waals surface area contributed by atoms with Gasteiger partial charge in [0.1, 0.15) is 11.6 Å². The van der Waals surface area contributed by atoms with E-state index < -0.39 is 26.4 Å². The van der Waals surface area contributed by atoms with Crippen LogP contribution in [-0.2, 0) is 9.84 Å². The van der Waals surface area contributed by atoms with E-state index in [-0.39, 0.29) is 16.4 Å². The molecule has 0 saturated carbocycles. The maximum atomic E-state index is 13.0. The van der Waals surface area contributed by atoms with Crippen LogP contribution in [0.25, 0.3) is 0 Å². The molecule has 2 heterocycles. The average molecular weight is 448 g/mol. The Bertz CT molecular complexity index is 1120. The highest BCUT2D eigenvalue weighted by molar-refractivity contribution is 7.90. The molecule has 2 aromatic rings. The number of sulfone groups is 1. The highest BCUT2D eigenvalue weighted by Gasteiger charge is 2.26. The number of nitrogens with zero attached hydrogens (tertiary/aromatic N) is 5. The maximum Gasteiger partial charge on any atom is 0.271 e. The van der Waals surface area contributed by atoms with Crippen molar-refractivity contribution in [3.8, 4) is 0 Å². The molecule has 1 amide bonds. The van der Waals surface area contributed by atoms with E-state index in [1.807, 2.05) is 26.8 Å². The minimum Gasteiger partial charge on any atom is -0.353 e. The largest absolute Gasteiger partial charge is 0.353 e. The van der Waals surface area contributed by atoms with Crippen molar-refractivity contribution in [1.82, 2.24) is 14.9 Å². The molecule has 0 aliphatic carbocycles. The Kier molecular flexibility index (Phi) is 6.25. The van der Waals surface area contributed by atoms with E-state index >= 15 is 0 Å². The predicted molar refractivity (Wildman–Crippen MR) is 115 cm³/mol. The molecule has 0 N–H and O–H groups in total. The van der Waals surface area contributed by atoms with E-state index in [9.17, 15) is 23.3 Å². The van der Waals surface area contributed by atoms with Gasteiger partial charge in [0.25, 0.3) is 11.6 Å². The first-order valence-corrected chi connectivity index (χ1v) is 11.7. The molecule has 1 saturated heterocycles. The number of hydrogen-bond donors (Lipinski definition) is 0. The van der Waals surface area contributed by atoms with Crippen LogP contribution in [0.4, 0.5) is 11.5 Å². The molecule has 0 atom stereocenters. The maximum absolute atomic E-state index is 13.0. The van der Waals surface area contributed by atoms with Crippen LogP contribution in [0.3, 0.4) is 0 Å². The number of piperazine rings is 1. The summed E-state index contributed by atoms with van der Waals surface area (Å²) in [5, 5.41) is 11.2. The molecule has 10 nitrogen and oxygen atoms in total. The van der Waals surface area contributed by atoms with Crippen LogP contribution in [0, 0.1) is 17.0 Å². The Balaban J connectivity index is 1.79. The number of hydrogen-bond acceptors (Lipinski definition) is 8. The molecule has 1 aliphatic heterocycles. The van der Waals surface area contributed by atoms with Gasteiger partial charge in [-0.1, -0.05) is 13.8 Å². The lowest BCUT2D eigenvalue weighted by molar-refractivity contribution is -0.385. The smallest absolute Gasteiger partial charge is 0.271 e. The van der Waals surface area contributed by atoms with Crippen LogP contribution in [0.2, 0.25) is 0 Å². The lowest BCUT2D eigenvalue weighted by Crippen LogP contribution is -2.49. The number of rotatable bonds is 5. The number of aromatic nitrogens is 2. The number of non-ortho nitro benzene ring substituents is 1. The SMILES string of the molecule is Cc1cc(N2CCN(C(=O)c3cc([N+](=O)[O-])cc(S(C)(=O)=O)c3)CC2)nc(C(C)C)n1. The minimum atomic E-state index is -3.70. The van der Waals surface area contributed by atoms with Gasteiger partial charge in [0, 0.05) is 67.8 Å². The molecule has 1 aromatic carbocycles. The van der Waals surface area contributed by atoms with Crippen molar-refractivity contribution in [1.29, 1.82) is 0 Å². The van der Waals surface area contributed by atoms with Gasteiger partial charge < -0.3 is 9.80 Å². The van der Waals surface area contributed by atoms with Crippen molar-refractivity contribution in [2.75, 3.05) is 37.3 Å². The third kappa shape index (κ3) is 5.16. The van der Waals surface area contributed by atoms with E-state index in [0.29, 0.717) is 26.2 Å². The molecule has 1 aromatic heterocycles. The summed E-state index contributed by atoms with van der Waals surface area (Å²) < 4.78 is 23.8. The summed E-state index contributed by atoms with van der Waals surface area (Å²) in [4.78, 5) is 35.9. The predicted octanol–water partition coefficient (Wildman–Crippen LogP) is 2.18. The Morgan fingerprint density at radius 3 is 2.29 bits per heavy atom. The third-order valence-electron chi connectivity index (χ3n) is 5.04. The van der Waals surface area contributed by atoms with Crippen LogP contribution < -0.4 is 4.90 Å². The molecule has 31 heavy (non-hydrogen) atoms. The number of carbonyl (C=O) groups is 1. The van der Waals surface area contributed by atoms with Gasteiger partial charge in [-0.25, -0.2) is 18.4 Å². The fourth-order valence-corrected chi connectivity index (χ4v) is 4.02. The fraction of sp³-hybridized carbons (Fsp3) is 0.450. The molecule has 1 aliphatic rings. The van der Waals surface area contributed by atoms with Crippen LogP contribution in [0.1, 0.15) is 41.6 Å². The van der Waals surface area contributed by atoms with Crippen molar-refractivity contribution in [3.05, 3.63) is 51.5 Å². The van der Waals surface area contributed by atoms with Crippen molar-refractivity contribution in [2.24, 2.45) is 0 Å². The van der Waals surface area contributed by atoms with Crippen molar-refractivity contribution in [2.45, 2.75) is 31.6 Å². The van der Waals surface area contributed by atoms with Gasteiger partial charge in [0.05, 0.1) is 9.82 Å². The summed E-state index contributed by atoms with van der Waals surface area (Å²) >= 11 is 0. The average Bonchev–Trinajstić information content (AvgIpc) is 2.71. The van der Waals surface area contributed by atoms with Gasteiger partial charge in [0.2, 0.25) is 0 Å². The third-order valence-corrected chi connectivity index (χ3v) is 6.13. The molecule has 166 valence electrons. The Labute approximate surface area is 181 Å². The van der Waals surface area contributed by atoms with Crippen molar-refractivity contribution in [3.63, 3.8) is 0 Å². The second kappa shape index (κ2) is 8.58. The molecule has 3 rings (SSSR count). The van der Waals surface area contributed by atoms with Crippen LogP contribution in [-0.4, -0.2) is 66.6 Å². The number of anilines is 1. The second-order valence-electron chi connectivity index (χ2n) is 7.90. The molecule has 0 spiro atoms.